The number of piperidine rings is 1. The molecule has 1 unspecified atom stereocenters. The molecule has 0 aliphatic carbocycles. The van der Waals surface area contributed by atoms with Crippen molar-refractivity contribution in [3.8, 4) is 11.5 Å². The Morgan fingerprint density at radius 3 is 2.70 bits per heavy atom. The van der Waals surface area contributed by atoms with E-state index in [2.05, 4.69) is 30.3 Å². The number of aromatic nitrogens is 4. The molecule has 2 aromatic heterocycles. The highest BCUT2D eigenvalue weighted by Crippen LogP contribution is 2.26. The standard InChI is InChI=1S/C21H21N7O2/c1-27-11-8-18-17(13-27)19(29)28-21(24-18)25-20(26-28)23-12-14-2-4-15(5-3-14)30-16-6-9-22-10-7-16/h2-7,9-10,17H,8,11-13H2,1H3,(H,23,26). The predicted molar refractivity (Wildman–Crippen MR) is 111 cm³/mol. The van der Waals surface area contributed by atoms with Crippen LogP contribution in [-0.4, -0.2) is 56.4 Å². The summed E-state index contributed by atoms with van der Waals surface area (Å²) in [6.45, 7) is 2.10. The summed E-state index contributed by atoms with van der Waals surface area (Å²) in [4.78, 5) is 27.9. The van der Waals surface area contributed by atoms with Gasteiger partial charge in [-0.05, 0) is 43.3 Å². The maximum absolute atomic E-state index is 12.8. The van der Waals surface area contributed by atoms with Crippen LogP contribution in [0.4, 0.5) is 11.9 Å². The average molecular weight is 403 g/mol. The van der Waals surface area contributed by atoms with E-state index in [-0.39, 0.29) is 11.8 Å². The number of hydrogen-bond acceptors (Lipinski definition) is 8. The molecule has 1 fully saturated rings. The first-order valence-corrected chi connectivity index (χ1v) is 9.84. The van der Waals surface area contributed by atoms with Crippen LogP contribution in [0.1, 0.15) is 16.8 Å². The Kier molecular flexibility index (Phi) is 4.72. The van der Waals surface area contributed by atoms with Crippen molar-refractivity contribution < 1.29 is 9.53 Å². The molecule has 9 nitrogen and oxygen atoms in total. The van der Waals surface area contributed by atoms with E-state index in [4.69, 9.17) is 4.74 Å². The third-order valence-electron chi connectivity index (χ3n) is 5.25. The summed E-state index contributed by atoms with van der Waals surface area (Å²) in [7, 11) is 2.02. The summed E-state index contributed by atoms with van der Waals surface area (Å²) in [6, 6.07) is 11.4. The van der Waals surface area contributed by atoms with Gasteiger partial charge in [0.25, 0.3) is 11.9 Å². The van der Waals surface area contributed by atoms with Crippen molar-refractivity contribution in [1.82, 2.24) is 24.6 Å². The van der Waals surface area contributed by atoms with E-state index in [0.29, 0.717) is 25.0 Å². The molecule has 0 bridgehead atoms. The molecule has 2 aliphatic heterocycles. The second kappa shape index (κ2) is 7.68. The van der Waals surface area contributed by atoms with Crippen LogP contribution in [0.15, 0.2) is 53.8 Å². The van der Waals surface area contributed by atoms with Gasteiger partial charge in [-0.2, -0.15) is 9.67 Å². The first kappa shape index (κ1) is 18.4. The number of hydrogen-bond donors (Lipinski definition) is 1. The second-order valence-corrected chi connectivity index (χ2v) is 7.44. The van der Waals surface area contributed by atoms with Crippen LogP contribution in [0.2, 0.25) is 0 Å². The highest BCUT2D eigenvalue weighted by atomic mass is 16.5. The van der Waals surface area contributed by atoms with Crippen molar-refractivity contribution in [2.75, 3.05) is 25.5 Å². The molecular weight excluding hydrogens is 382 g/mol. The molecule has 0 radical (unpaired) electrons. The van der Waals surface area contributed by atoms with E-state index >= 15 is 0 Å². The summed E-state index contributed by atoms with van der Waals surface area (Å²) in [6.07, 6.45) is 4.16. The lowest BCUT2D eigenvalue weighted by Crippen LogP contribution is -2.45. The van der Waals surface area contributed by atoms with Crippen molar-refractivity contribution in [3.63, 3.8) is 0 Å². The maximum atomic E-state index is 12.8. The number of aliphatic imine (C=N–C) groups is 1. The Morgan fingerprint density at radius 2 is 1.90 bits per heavy atom. The van der Waals surface area contributed by atoms with Crippen LogP contribution in [0.5, 0.6) is 11.5 Å². The lowest BCUT2D eigenvalue weighted by atomic mass is 9.94. The molecule has 3 aromatic rings. The summed E-state index contributed by atoms with van der Waals surface area (Å²) in [5, 5.41) is 7.50. The zero-order valence-electron chi connectivity index (χ0n) is 16.5. The summed E-state index contributed by atoms with van der Waals surface area (Å²) >= 11 is 0. The molecule has 1 atom stereocenters. The SMILES string of the molecule is CN1CCC2=Nc3nc(NCc4ccc(Oc5ccncc5)cc4)nn3C(=O)C2C1. The van der Waals surface area contributed by atoms with Crippen LogP contribution in [0.25, 0.3) is 0 Å². The molecule has 1 saturated heterocycles. The predicted octanol–water partition coefficient (Wildman–Crippen LogP) is 2.76. The van der Waals surface area contributed by atoms with E-state index in [1.807, 2.05) is 31.3 Å². The fraction of sp³-hybridized carbons (Fsp3) is 0.286. The van der Waals surface area contributed by atoms with E-state index in [9.17, 15) is 4.79 Å². The smallest absolute Gasteiger partial charge is 0.260 e. The molecule has 0 saturated carbocycles. The number of fused-ring (bicyclic) bond motifs is 2. The number of likely N-dealkylation sites (tertiary alicyclic amines) is 1. The molecule has 4 heterocycles. The van der Waals surface area contributed by atoms with Gasteiger partial charge >= 0.3 is 0 Å². The number of carbonyl (C=O) groups excluding carboxylic acids is 1. The minimum atomic E-state index is -0.223. The van der Waals surface area contributed by atoms with E-state index < -0.39 is 0 Å². The molecule has 2 aliphatic rings. The highest BCUT2D eigenvalue weighted by Gasteiger charge is 2.36. The number of anilines is 1. The van der Waals surface area contributed by atoms with Crippen molar-refractivity contribution in [2.24, 2.45) is 10.9 Å². The summed E-state index contributed by atoms with van der Waals surface area (Å²) < 4.78 is 7.09. The first-order valence-electron chi connectivity index (χ1n) is 9.84. The molecule has 9 heteroatoms. The minimum Gasteiger partial charge on any atom is -0.457 e. The van der Waals surface area contributed by atoms with E-state index in [1.165, 1.54) is 4.68 Å². The van der Waals surface area contributed by atoms with Crippen molar-refractivity contribution in [2.45, 2.75) is 13.0 Å². The Labute approximate surface area is 173 Å². The number of benzene rings is 1. The van der Waals surface area contributed by atoms with Crippen molar-refractivity contribution in [1.29, 1.82) is 0 Å². The fourth-order valence-electron chi connectivity index (χ4n) is 3.62. The molecular formula is C21H21N7O2. The average Bonchev–Trinajstić information content (AvgIpc) is 3.18. The van der Waals surface area contributed by atoms with E-state index in [0.717, 1.165) is 35.7 Å². The van der Waals surface area contributed by atoms with Gasteiger partial charge in [0.2, 0.25) is 5.95 Å². The third kappa shape index (κ3) is 3.67. The molecule has 30 heavy (non-hydrogen) atoms. The molecule has 1 N–H and O–H groups in total. The molecule has 152 valence electrons. The number of rotatable bonds is 5. The van der Waals surface area contributed by atoms with Crippen LogP contribution >= 0.6 is 0 Å². The van der Waals surface area contributed by atoms with Crippen LogP contribution in [0.3, 0.4) is 0 Å². The topological polar surface area (TPSA) is 97.5 Å². The van der Waals surface area contributed by atoms with Crippen LogP contribution in [-0.2, 0) is 6.54 Å². The third-order valence-corrected chi connectivity index (χ3v) is 5.25. The van der Waals surface area contributed by atoms with E-state index in [1.54, 1.807) is 24.5 Å². The van der Waals surface area contributed by atoms with Gasteiger partial charge in [-0.1, -0.05) is 12.1 Å². The van der Waals surface area contributed by atoms with Gasteiger partial charge in [0.1, 0.15) is 11.5 Å². The lowest BCUT2D eigenvalue weighted by Gasteiger charge is -2.31. The number of nitrogens with one attached hydrogen (secondary N) is 1. The Morgan fingerprint density at radius 1 is 1.13 bits per heavy atom. The Hall–Kier alpha value is -3.59. The quantitative estimate of drug-likeness (QED) is 0.699. The number of pyridine rings is 1. The van der Waals surface area contributed by atoms with Crippen molar-refractivity contribution in [3.05, 3.63) is 54.4 Å². The lowest BCUT2D eigenvalue weighted by molar-refractivity contribution is 0.0819. The van der Waals surface area contributed by atoms with Crippen LogP contribution < -0.4 is 10.1 Å². The molecule has 0 amide bonds. The summed E-state index contributed by atoms with van der Waals surface area (Å²) in [5.74, 6) is 1.96. The zero-order valence-corrected chi connectivity index (χ0v) is 16.5. The zero-order chi connectivity index (χ0) is 20.5. The van der Waals surface area contributed by atoms with Gasteiger partial charge in [0.05, 0.1) is 5.92 Å². The van der Waals surface area contributed by atoms with Gasteiger partial charge in [0, 0.05) is 37.7 Å². The first-order chi connectivity index (χ1) is 14.7. The van der Waals surface area contributed by atoms with Gasteiger partial charge in [-0.3, -0.25) is 9.78 Å². The Bertz CT molecular complexity index is 1090. The monoisotopic (exact) mass is 403 g/mol. The van der Waals surface area contributed by atoms with Crippen LogP contribution in [0, 0.1) is 5.92 Å². The largest absolute Gasteiger partial charge is 0.457 e. The van der Waals surface area contributed by atoms with Gasteiger partial charge in [0.15, 0.2) is 0 Å². The fourth-order valence-corrected chi connectivity index (χ4v) is 3.62. The molecule has 0 spiro atoms. The number of ether oxygens (including phenoxy) is 1. The maximum Gasteiger partial charge on any atom is 0.260 e. The van der Waals surface area contributed by atoms with Crippen molar-refractivity contribution >= 4 is 23.5 Å². The Balaban J connectivity index is 1.24. The normalized spacial score (nSPS) is 18.4. The number of nitrogens with zero attached hydrogens (tertiary/aromatic N) is 6. The number of carbonyl (C=O) groups is 1. The molecule has 5 rings (SSSR count). The second-order valence-electron chi connectivity index (χ2n) is 7.44. The summed E-state index contributed by atoms with van der Waals surface area (Å²) in [5.41, 5.74) is 1.95. The highest BCUT2D eigenvalue weighted by molar-refractivity contribution is 6.09. The minimum absolute atomic E-state index is 0.0558. The molecule has 1 aromatic carbocycles. The van der Waals surface area contributed by atoms with Gasteiger partial charge in [-0.15, -0.1) is 5.10 Å². The van der Waals surface area contributed by atoms with Gasteiger partial charge in [-0.25, -0.2) is 4.99 Å². The van der Waals surface area contributed by atoms with Gasteiger partial charge < -0.3 is 15.0 Å².